The van der Waals surface area contributed by atoms with Crippen LogP contribution in [0.3, 0.4) is 0 Å². The smallest absolute Gasteiger partial charge is 0.255 e. The molecule has 0 spiro atoms. The van der Waals surface area contributed by atoms with E-state index in [1.807, 2.05) is 0 Å². The van der Waals surface area contributed by atoms with E-state index in [2.05, 4.69) is 27.9 Å². The molecule has 0 heterocycles. The van der Waals surface area contributed by atoms with Crippen LogP contribution < -0.4 is 11.1 Å². The molecule has 0 atom stereocenters. The molecular weight excluding hydrogens is 319 g/mol. The summed E-state index contributed by atoms with van der Waals surface area (Å²) < 4.78 is 0.919. The molecule has 0 fully saturated rings. The van der Waals surface area contributed by atoms with Crippen LogP contribution in [0.5, 0.6) is 5.75 Å². The Morgan fingerprint density at radius 2 is 2.19 bits per heavy atom. The highest BCUT2D eigenvalue weighted by atomic mass is 127. The minimum Gasteiger partial charge on any atom is -0.507 e. The number of amides is 1. The lowest BCUT2D eigenvalue weighted by atomic mass is 10.2. The summed E-state index contributed by atoms with van der Waals surface area (Å²) in [5, 5.41) is 12.3. The normalized spacial score (nSPS) is 10.1. The molecule has 1 rings (SSSR count). The van der Waals surface area contributed by atoms with Crippen molar-refractivity contribution < 1.29 is 9.90 Å². The van der Waals surface area contributed by atoms with Crippen LogP contribution in [-0.2, 0) is 0 Å². The van der Waals surface area contributed by atoms with Crippen LogP contribution in [0.15, 0.2) is 18.2 Å². The Kier molecular flexibility index (Phi) is 5.54. The van der Waals surface area contributed by atoms with E-state index in [1.165, 1.54) is 6.07 Å². The molecule has 0 radical (unpaired) electrons. The fourth-order valence-electron chi connectivity index (χ4n) is 1.26. The van der Waals surface area contributed by atoms with Gasteiger partial charge in [-0.2, -0.15) is 0 Å². The summed E-state index contributed by atoms with van der Waals surface area (Å²) in [5.41, 5.74) is 5.67. The van der Waals surface area contributed by atoms with Crippen LogP contribution in [0.2, 0.25) is 0 Å². The topological polar surface area (TPSA) is 75.3 Å². The fraction of sp³-hybridized carbons (Fsp3) is 0.364. The fourth-order valence-corrected chi connectivity index (χ4v) is 1.75. The lowest BCUT2D eigenvalue weighted by molar-refractivity contribution is 0.0950. The van der Waals surface area contributed by atoms with E-state index in [9.17, 15) is 9.90 Å². The van der Waals surface area contributed by atoms with Gasteiger partial charge in [0, 0.05) is 10.1 Å². The quantitative estimate of drug-likeness (QED) is 0.564. The number of halogens is 1. The zero-order valence-corrected chi connectivity index (χ0v) is 11.0. The van der Waals surface area contributed by atoms with Gasteiger partial charge in [-0.15, -0.1) is 0 Å². The van der Waals surface area contributed by atoms with Crippen LogP contribution in [0.1, 0.15) is 23.2 Å². The molecule has 1 aromatic rings. The highest BCUT2D eigenvalue weighted by molar-refractivity contribution is 14.1. The van der Waals surface area contributed by atoms with Gasteiger partial charge >= 0.3 is 0 Å². The molecule has 0 aliphatic carbocycles. The molecule has 0 aromatic heterocycles. The second kappa shape index (κ2) is 6.70. The van der Waals surface area contributed by atoms with Crippen LogP contribution >= 0.6 is 22.6 Å². The Bertz CT molecular complexity index is 369. The lowest BCUT2D eigenvalue weighted by Gasteiger charge is -2.06. The van der Waals surface area contributed by atoms with E-state index in [0.29, 0.717) is 18.7 Å². The summed E-state index contributed by atoms with van der Waals surface area (Å²) in [6.07, 6.45) is 1.74. The van der Waals surface area contributed by atoms with Crippen molar-refractivity contribution in [2.24, 2.45) is 5.73 Å². The first kappa shape index (κ1) is 13.2. The van der Waals surface area contributed by atoms with Crippen LogP contribution in [0.25, 0.3) is 0 Å². The molecule has 0 aliphatic heterocycles. The maximum Gasteiger partial charge on any atom is 0.255 e. The number of nitrogens with two attached hydrogens (primary N) is 1. The third-order valence-corrected chi connectivity index (χ3v) is 2.79. The van der Waals surface area contributed by atoms with Gasteiger partial charge in [0.25, 0.3) is 5.91 Å². The maximum absolute atomic E-state index is 11.7. The maximum atomic E-state index is 11.7. The Morgan fingerprint density at radius 3 is 2.88 bits per heavy atom. The van der Waals surface area contributed by atoms with Crippen LogP contribution in [0.4, 0.5) is 0 Å². The van der Waals surface area contributed by atoms with E-state index in [4.69, 9.17) is 5.73 Å². The molecule has 0 saturated heterocycles. The largest absolute Gasteiger partial charge is 0.507 e. The zero-order chi connectivity index (χ0) is 12.0. The summed E-state index contributed by atoms with van der Waals surface area (Å²) in [6, 6.07) is 4.94. The number of aromatic hydroxyl groups is 1. The Balaban J connectivity index is 2.55. The Hall–Kier alpha value is -0.820. The molecular formula is C11H15IN2O2. The molecule has 88 valence electrons. The summed E-state index contributed by atoms with van der Waals surface area (Å²) in [6.45, 7) is 1.21. The Morgan fingerprint density at radius 1 is 1.44 bits per heavy atom. The third kappa shape index (κ3) is 3.97. The second-order valence-electron chi connectivity index (χ2n) is 3.41. The highest BCUT2D eigenvalue weighted by Crippen LogP contribution is 2.19. The number of benzene rings is 1. The van der Waals surface area contributed by atoms with Crippen LogP contribution in [-0.4, -0.2) is 24.1 Å². The van der Waals surface area contributed by atoms with Crippen molar-refractivity contribution in [3.05, 3.63) is 27.3 Å². The summed E-state index contributed by atoms with van der Waals surface area (Å²) in [5.74, 6) is -0.232. The van der Waals surface area contributed by atoms with Gasteiger partial charge < -0.3 is 16.2 Å². The second-order valence-corrected chi connectivity index (χ2v) is 4.66. The number of carbonyl (C=O) groups excluding carboxylic acids is 1. The summed E-state index contributed by atoms with van der Waals surface area (Å²) >= 11 is 2.10. The van der Waals surface area contributed by atoms with E-state index >= 15 is 0 Å². The SMILES string of the molecule is NCCCCNC(=O)c1cc(I)ccc1O. The van der Waals surface area contributed by atoms with Crippen molar-refractivity contribution in [3.63, 3.8) is 0 Å². The molecule has 1 aromatic carbocycles. The van der Waals surface area contributed by atoms with Gasteiger partial charge in [0.2, 0.25) is 0 Å². The van der Waals surface area contributed by atoms with Gasteiger partial charge in [-0.05, 0) is 60.2 Å². The zero-order valence-electron chi connectivity index (χ0n) is 8.87. The van der Waals surface area contributed by atoms with E-state index < -0.39 is 0 Å². The van der Waals surface area contributed by atoms with Gasteiger partial charge in [0.15, 0.2) is 0 Å². The van der Waals surface area contributed by atoms with E-state index in [0.717, 1.165) is 16.4 Å². The Labute approximate surface area is 108 Å². The van der Waals surface area contributed by atoms with Crippen molar-refractivity contribution in [2.45, 2.75) is 12.8 Å². The first-order valence-corrected chi connectivity index (χ1v) is 6.20. The minimum absolute atomic E-state index is 0.0109. The van der Waals surface area contributed by atoms with Crippen molar-refractivity contribution in [2.75, 3.05) is 13.1 Å². The van der Waals surface area contributed by atoms with E-state index in [1.54, 1.807) is 12.1 Å². The molecule has 0 saturated carbocycles. The van der Waals surface area contributed by atoms with Gasteiger partial charge in [-0.25, -0.2) is 0 Å². The van der Waals surface area contributed by atoms with Crippen molar-refractivity contribution in [1.29, 1.82) is 0 Å². The van der Waals surface area contributed by atoms with Gasteiger partial charge in [0.05, 0.1) is 5.56 Å². The first-order valence-electron chi connectivity index (χ1n) is 5.12. The standard InChI is InChI=1S/C11H15IN2O2/c12-8-3-4-10(15)9(7-8)11(16)14-6-2-1-5-13/h3-4,7,15H,1-2,5-6,13H2,(H,14,16). The number of phenols is 1. The minimum atomic E-state index is -0.243. The molecule has 1 amide bonds. The number of carbonyl (C=O) groups is 1. The number of hydrogen-bond donors (Lipinski definition) is 3. The van der Waals surface area contributed by atoms with Gasteiger partial charge in [-0.1, -0.05) is 0 Å². The van der Waals surface area contributed by atoms with Crippen molar-refractivity contribution in [1.82, 2.24) is 5.32 Å². The molecule has 5 heteroatoms. The number of phenolic OH excluding ortho intramolecular Hbond substituents is 1. The average Bonchev–Trinajstić information content (AvgIpc) is 2.27. The monoisotopic (exact) mass is 334 g/mol. The van der Waals surface area contributed by atoms with Crippen molar-refractivity contribution in [3.8, 4) is 5.75 Å². The molecule has 0 aliphatic rings. The highest BCUT2D eigenvalue weighted by Gasteiger charge is 2.10. The number of nitrogens with one attached hydrogen (secondary N) is 1. The first-order chi connectivity index (χ1) is 7.65. The molecule has 16 heavy (non-hydrogen) atoms. The third-order valence-electron chi connectivity index (χ3n) is 2.12. The van der Waals surface area contributed by atoms with E-state index in [-0.39, 0.29) is 11.7 Å². The molecule has 0 unspecified atom stereocenters. The number of rotatable bonds is 5. The van der Waals surface area contributed by atoms with Crippen LogP contribution in [0, 0.1) is 3.57 Å². The summed E-state index contributed by atoms with van der Waals surface area (Å²) in [4.78, 5) is 11.7. The number of hydrogen-bond acceptors (Lipinski definition) is 3. The predicted octanol–water partition coefficient (Wildman–Crippen LogP) is 1.47. The van der Waals surface area contributed by atoms with Crippen molar-refractivity contribution >= 4 is 28.5 Å². The number of unbranched alkanes of at least 4 members (excludes halogenated alkanes) is 1. The molecule has 4 N–H and O–H groups in total. The average molecular weight is 334 g/mol. The van der Waals surface area contributed by atoms with Gasteiger partial charge in [0.1, 0.15) is 5.75 Å². The lowest BCUT2D eigenvalue weighted by Crippen LogP contribution is -2.25. The van der Waals surface area contributed by atoms with Gasteiger partial charge in [-0.3, -0.25) is 4.79 Å². The molecule has 0 bridgehead atoms. The summed E-state index contributed by atoms with van der Waals surface area (Å²) in [7, 11) is 0. The molecule has 4 nitrogen and oxygen atoms in total. The predicted molar refractivity (Wildman–Crippen MR) is 71.4 cm³/mol.